The maximum atomic E-state index is 14.6. The van der Waals surface area contributed by atoms with E-state index in [0.29, 0.717) is 42.7 Å². The molecule has 1 aromatic carbocycles. The van der Waals surface area contributed by atoms with E-state index in [1.807, 2.05) is 11.0 Å². The van der Waals surface area contributed by atoms with Crippen LogP contribution in [0.15, 0.2) is 34.2 Å². The fraction of sp³-hybridized carbons (Fsp3) is 0.577. The Morgan fingerprint density at radius 1 is 1.26 bits per heavy atom. The van der Waals surface area contributed by atoms with Gasteiger partial charge in [0.05, 0.1) is 17.1 Å². The molecule has 3 rings (SSSR count). The van der Waals surface area contributed by atoms with Crippen LogP contribution in [0.1, 0.15) is 42.9 Å². The second-order valence-electron chi connectivity index (χ2n) is 9.77. The van der Waals surface area contributed by atoms with E-state index in [9.17, 15) is 31.5 Å². The number of carbonyl (C=O) groups is 2. The maximum Gasteiger partial charge on any atom is 0.416 e. The summed E-state index contributed by atoms with van der Waals surface area (Å²) >= 11 is 0.987. The minimum atomic E-state index is -4.71. The molecule has 1 unspecified atom stereocenters. The monoisotopic (exact) mass is 576 g/mol. The average molecular weight is 577 g/mol. The molecular formula is C26H33F5N4O3S. The van der Waals surface area contributed by atoms with Crippen LogP contribution in [0.5, 0.6) is 0 Å². The van der Waals surface area contributed by atoms with E-state index < -0.39 is 35.7 Å². The van der Waals surface area contributed by atoms with E-state index in [4.69, 9.17) is 4.74 Å². The summed E-state index contributed by atoms with van der Waals surface area (Å²) in [6.45, 7) is 2.48. The number of ether oxygens (including phenoxy) is 1. The van der Waals surface area contributed by atoms with Crippen LogP contribution in [0.3, 0.4) is 0 Å². The number of nitrogens with one attached hydrogen (secondary N) is 1. The fourth-order valence-electron chi connectivity index (χ4n) is 4.47. The molecule has 0 saturated carbocycles. The van der Waals surface area contributed by atoms with Gasteiger partial charge in [0.15, 0.2) is 6.04 Å². The number of hydrogen-bond donors (Lipinski definition) is 1. The summed E-state index contributed by atoms with van der Waals surface area (Å²) in [4.78, 5) is 32.9. The molecule has 0 aliphatic carbocycles. The lowest BCUT2D eigenvalue weighted by Crippen LogP contribution is -2.37. The zero-order valence-electron chi connectivity index (χ0n) is 22.3. The quantitative estimate of drug-likeness (QED) is 0.406. The van der Waals surface area contributed by atoms with Crippen molar-refractivity contribution < 1.29 is 36.3 Å². The first-order valence-corrected chi connectivity index (χ1v) is 13.4. The molecule has 2 aliphatic heterocycles. The summed E-state index contributed by atoms with van der Waals surface area (Å²) in [6.07, 6.45) is -2.06. The van der Waals surface area contributed by atoms with Crippen LogP contribution in [0.4, 0.5) is 26.7 Å². The third-order valence-corrected chi connectivity index (χ3v) is 7.52. The number of likely N-dealkylation sites (N-methyl/N-ethyl adjacent to an activating group) is 1. The normalized spacial score (nSPS) is 20.5. The SMILES string of the molecule is CCC(F)(F)c1cc(C(F)(F)F)ccc1CN1CCC(C=C2SC(=O)NC2=NC(COC)C(=O)N(C)C)CC1. The molecule has 1 atom stereocenters. The molecule has 2 saturated heterocycles. The van der Waals surface area contributed by atoms with E-state index in [0.717, 1.165) is 23.9 Å². The number of nitrogens with zero attached hydrogens (tertiary/aromatic N) is 3. The molecule has 39 heavy (non-hydrogen) atoms. The Hall–Kier alpha value is -2.51. The van der Waals surface area contributed by atoms with Crippen LogP contribution in [0, 0.1) is 5.92 Å². The molecule has 1 N–H and O–H groups in total. The Kier molecular flexibility index (Phi) is 10.2. The van der Waals surface area contributed by atoms with E-state index in [2.05, 4.69) is 10.3 Å². The minimum Gasteiger partial charge on any atom is -0.382 e. The summed E-state index contributed by atoms with van der Waals surface area (Å²) in [5.74, 6) is -3.26. The molecular weight excluding hydrogens is 543 g/mol. The van der Waals surface area contributed by atoms with E-state index in [1.54, 1.807) is 14.1 Å². The first-order valence-electron chi connectivity index (χ1n) is 12.5. The van der Waals surface area contributed by atoms with Crippen molar-refractivity contribution in [3.63, 3.8) is 0 Å². The van der Waals surface area contributed by atoms with Gasteiger partial charge >= 0.3 is 6.18 Å². The van der Waals surface area contributed by atoms with Gasteiger partial charge in [-0.1, -0.05) is 19.1 Å². The molecule has 2 amide bonds. The highest BCUT2D eigenvalue weighted by Gasteiger charge is 2.37. The van der Waals surface area contributed by atoms with E-state index >= 15 is 0 Å². The maximum absolute atomic E-state index is 14.6. The van der Waals surface area contributed by atoms with Crippen molar-refractivity contribution in [3.8, 4) is 0 Å². The summed E-state index contributed by atoms with van der Waals surface area (Å²) < 4.78 is 73.8. The van der Waals surface area contributed by atoms with Gasteiger partial charge in [0, 0.05) is 39.7 Å². The molecule has 0 radical (unpaired) electrons. The largest absolute Gasteiger partial charge is 0.416 e. The van der Waals surface area contributed by atoms with Gasteiger partial charge in [0.1, 0.15) is 5.84 Å². The van der Waals surface area contributed by atoms with Crippen molar-refractivity contribution in [2.75, 3.05) is 40.9 Å². The predicted molar refractivity (Wildman–Crippen MR) is 140 cm³/mol. The number of rotatable bonds is 9. The summed E-state index contributed by atoms with van der Waals surface area (Å²) in [7, 11) is 4.67. The van der Waals surface area contributed by atoms with Crippen LogP contribution >= 0.6 is 11.8 Å². The van der Waals surface area contributed by atoms with Crippen LogP contribution in [-0.2, 0) is 28.2 Å². The van der Waals surface area contributed by atoms with Crippen molar-refractivity contribution in [2.45, 2.75) is 50.9 Å². The van der Waals surface area contributed by atoms with Gasteiger partial charge < -0.3 is 15.0 Å². The molecule has 0 spiro atoms. The van der Waals surface area contributed by atoms with Crippen molar-refractivity contribution in [2.24, 2.45) is 10.9 Å². The first kappa shape index (κ1) is 31.0. The van der Waals surface area contributed by atoms with Gasteiger partial charge in [-0.2, -0.15) is 13.2 Å². The Morgan fingerprint density at radius 2 is 1.92 bits per heavy atom. The highest BCUT2D eigenvalue weighted by atomic mass is 32.2. The molecule has 0 aromatic heterocycles. The number of allylic oxidation sites excluding steroid dienone is 1. The van der Waals surface area contributed by atoms with E-state index in [1.165, 1.54) is 18.9 Å². The Balaban J connectivity index is 1.72. The second kappa shape index (κ2) is 12.8. The number of hydrogen-bond acceptors (Lipinski definition) is 6. The van der Waals surface area contributed by atoms with Crippen LogP contribution in [0.25, 0.3) is 0 Å². The number of benzene rings is 1. The number of carbonyl (C=O) groups excluding carboxylic acids is 2. The van der Waals surface area contributed by atoms with Gasteiger partial charge in [-0.3, -0.25) is 19.5 Å². The number of likely N-dealkylation sites (tertiary alicyclic amines) is 1. The lowest BCUT2D eigenvalue weighted by Gasteiger charge is -2.32. The third kappa shape index (κ3) is 8.01. The van der Waals surface area contributed by atoms with Crippen molar-refractivity contribution in [1.29, 1.82) is 0 Å². The lowest BCUT2D eigenvalue weighted by molar-refractivity contribution is -0.138. The summed E-state index contributed by atoms with van der Waals surface area (Å²) in [5.41, 5.74) is -1.50. The number of methoxy groups -OCH3 is 1. The fourth-order valence-corrected chi connectivity index (χ4v) is 5.28. The van der Waals surface area contributed by atoms with E-state index in [-0.39, 0.29) is 35.8 Å². The van der Waals surface area contributed by atoms with Crippen LogP contribution in [0.2, 0.25) is 0 Å². The van der Waals surface area contributed by atoms with Crippen LogP contribution in [-0.4, -0.2) is 73.7 Å². The zero-order valence-corrected chi connectivity index (χ0v) is 23.1. The smallest absolute Gasteiger partial charge is 0.382 e. The number of piperidine rings is 1. The molecule has 0 bridgehead atoms. The Morgan fingerprint density at radius 3 is 2.49 bits per heavy atom. The summed E-state index contributed by atoms with van der Waals surface area (Å²) in [5, 5.41) is 2.37. The number of alkyl halides is 5. The molecule has 2 aliphatic rings. The average Bonchev–Trinajstić information content (AvgIpc) is 3.22. The number of halogens is 5. The molecule has 1 aromatic rings. The van der Waals surface area contributed by atoms with Gasteiger partial charge in [0.25, 0.3) is 11.2 Å². The highest BCUT2D eigenvalue weighted by molar-refractivity contribution is 8.18. The van der Waals surface area contributed by atoms with Crippen molar-refractivity contribution in [1.82, 2.24) is 15.1 Å². The van der Waals surface area contributed by atoms with Crippen molar-refractivity contribution >= 4 is 28.7 Å². The van der Waals surface area contributed by atoms with Gasteiger partial charge in [-0.15, -0.1) is 0 Å². The second-order valence-corrected chi connectivity index (χ2v) is 10.8. The first-order chi connectivity index (χ1) is 18.2. The molecule has 216 valence electrons. The Labute approximate surface area is 228 Å². The molecule has 13 heteroatoms. The molecule has 2 heterocycles. The zero-order chi connectivity index (χ0) is 29.0. The number of thioether (sulfide) groups is 1. The minimum absolute atomic E-state index is 0.0513. The highest BCUT2D eigenvalue weighted by Crippen LogP contribution is 2.39. The van der Waals surface area contributed by atoms with Crippen molar-refractivity contribution in [3.05, 3.63) is 45.9 Å². The number of amides is 2. The topological polar surface area (TPSA) is 74.2 Å². The van der Waals surface area contributed by atoms with Gasteiger partial charge in [-0.25, -0.2) is 8.78 Å². The third-order valence-electron chi connectivity index (χ3n) is 6.68. The summed E-state index contributed by atoms with van der Waals surface area (Å²) in [6, 6.07) is 1.75. The molecule has 7 nitrogen and oxygen atoms in total. The van der Waals surface area contributed by atoms with Gasteiger partial charge in [-0.05, 0) is 61.3 Å². The molecule has 2 fully saturated rings. The Bertz CT molecular complexity index is 1120. The number of aliphatic imine (C=N–C) groups is 1. The van der Waals surface area contributed by atoms with Crippen LogP contribution < -0.4 is 5.32 Å². The predicted octanol–water partition coefficient (Wildman–Crippen LogP) is 5.26. The van der Waals surface area contributed by atoms with Gasteiger partial charge in [0.2, 0.25) is 5.91 Å². The number of amidine groups is 1. The standard InChI is InChI=1S/C26H33F5N4O3S/c1-5-25(27,28)19-13-18(26(29,30)31)7-6-17(19)14-35-10-8-16(9-11-35)12-21-22(33-24(37)39-21)32-20(15-38-4)23(36)34(2)3/h6-7,12-13,16,20H,5,8-11,14-15H2,1-4H3,(H,32,33,37). The lowest BCUT2D eigenvalue weighted by atomic mass is 9.93.